The molecule has 0 saturated carbocycles. The molecule has 4 aromatic rings. The quantitative estimate of drug-likeness (QED) is 0.209. The summed E-state index contributed by atoms with van der Waals surface area (Å²) >= 11 is 11.8. The van der Waals surface area contributed by atoms with Gasteiger partial charge in [0.15, 0.2) is 0 Å². The first-order valence-electron chi connectivity index (χ1n) is 9.70. The van der Waals surface area contributed by atoms with E-state index in [-0.39, 0.29) is 0 Å². The van der Waals surface area contributed by atoms with E-state index in [0.717, 1.165) is 50.5 Å². The Morgan fingerprint density at radius 1 is 0.839 bits per heavy atom. The maximum Gasteiger partial charge on any atom is 0.0945 e. The lowest BCUT2D eigenvalue weighted by Gasteiger charge is -2.08. The van der Waals surface area contributed by atoms with E-state index >= 15 is 0 Å². The lowest BCUT2D eigenvalue weighted by molar-refractivity contribution is 1.15. The Hall–Kier alpha value is -3.21. The van der Waals surface area contributed by atoms with Gasteiger partial charge >= 0.3 is 0 Å². The minimum absolute atomic E-state index is 0.352. The number of aromatic nitrogens is 3. The smallest absolute Gasteiger partial charge is 0.0945 e. The molecule has 0 saturated heterocycles. The molecule has 6 heteroatoms. The van der Waals surface area contributed by atoms with Gasteiger partial charge in [-0.05, 0) is 41.5 Å². The van der Waals surface area contributed by atoms with Crippen molar-refractivity contribution in [1.29, 1.82) is 0 Å². The van der Waals surface area contributed by atoms with Crippen molar-refractivity contribution < 1.29 is 0 Å². The monoisotopic (exact) mass is 446 g/mol. The molecule has 0 atom stereocenters. The second-order valence-electron chi connectivity index (χ2n) is 6.99. The molecule has 0 spiro atoms. The Labute approximate surface area is 191 Å². The van der Waals surface area contributed by atoms with Crippen LogP contribution in [0.3, 0.4) is 0 Å². The standard InChI is InChI=1S/C25H20Cl2N4/c1-16(21-6-2-4-19(14-26)29-21)8-9-17-10-11-18-12-13-23(31-25(18)24(17)28)22-7-3-5-20(15-27)30-22/h2-13H,1,14-15,28H2/b9-8-. The van der Waals surface area contributed by atoms with Crippen LogP contribution in [0.15, 0.2) is 73.3 Å². The molecule has 0 aliphatic heterocycles. The highest BCUT2D eigenvalue weighted by molar-refractivity contribution is 6.17. The normalized spacial score (nSPS) is 11.3. The Kier molecular flexibility index (Phi) is 6.31. The van der Waals surface area contributed by atoms with Crippen molar-refractivity contribution in [3.05, 3.63) is 96.0 Å². The minimum Gasteiger partial charge on any atom is -0.396 e. The molecule has 4 rings (SSSR count). The van der Waals surface area contributed by atoms with E-state index in [2.05, 4.69) is 16.5 Å². The molecule has 0 fully saturated rings. The SMILES string of the molecule is C=C(/C=C\c1ccc2ccc(-c3cccc(CCl)n3)nc2c1N)c1cccc(CCl)n1. The highest BCUT2D eigenvalue weighted by Gasteiger charge is 2.09. The minimum atomic E-state index is 0.352. The second kappa shape index (κ2) is 9.29. The summed E-state index contributed by atoms with van der Waals surface area (Å²) in [7, 11) is 0. The number of hydrogen-bond donors (Lipinski definition) is 1. The average Bonchev–Trinajstić information content (AvgIpc) is 2.83. The summed E-state index contributed by atoms with van der Waals surface area (Å²) in [6.45, 7) is 4.11. The van der Waals surface area contributed by atoms with Crippen LogP contribution in [0.2, 0.25) is 0 Å². The predicted molar refractivity (Wildman–Crippen MR) is 131 cm³/mol. The van der Waals surface area contributed by atoms with Crippen LogP contribution in [0, 0.1) is 0 Å². The van der Waals surface area contributed by atoms with Crippen LogP contribution in [0.25, 0.3) is 33.9 Å². The molecular weight excluding hydrogens is 427 g/mol. The third-order valence-corrected chi connectivity index (χ3v) is 5.43. The number of allylic oxidation sites excluding steroid dienone is 2. The van der Waals surface area contributed by atoms with Gasteiger partial charge in [-0.1, -0.05) is 49.1 Å². The lowest BCUT2D eigenvalue weighted by atomic mass is 10.1. The number of halogens is 2. The highest BCUT2D eigenvalue weighted by Crippen LogP contribution is 2.28. The van der Waals surface area contributed by atoms with Gasteiger partial charge in [-0.3, -0.25) is 4.98 Å². The van der Waals surface area contributed by atoms with Gasteiger partial charge in [0.05, 0.1) is 51.4 Å². The van der Waals surface area contributed by atoms with Crippen molar-refractivity contribution in [1.82, 2.24) is 15.0 Å². The fourth-order valence-electron chi connectivity index (χ4n) is 3.22. The second-order valence-corrected chi connectivity index (χ2v) is 7.53. The zero-order valence-corrected chi connectivity index (χ0v) is 18.2. The number of rotatable bonds is 6. The first-order valence-corrected chi connectivity index (χ1v) is 10.8. The van der Waals surface area contributed by atoms with E-state index in [0.29, 0.717) is 17.4 Å². The topological polar surface area (TPSA) is 64.7 Å². The van der Waals surface area contributed by atoms with E-state index in [4.69, 9.17) is 33.9 Å². The van der Waals surface area contributed by atoms with Crippen molar-refractivity contribution in [3.8, 4) is 11.4 Å². The molecule has 0 aliphatic rings. The average molecular weight is 447 g/mol. The zero-order valence-electron chi connectivity index (χ0n) is 16.7. The Bertz CT molecular complexity index is 1300. The summed E-state index contributed by atoms with van der Waals surface area (Å²) in [6.07, 6.45) is 3.82. The molecule has 4 nitrogen and oxygen atoms in total. The van der Waals surface area contributed by atoms with E-state index < -0.39 is 0 Å². The number of nitrogens with zero attached hydrogens (tertiary/aromatic N) is 3. The summed E-state index contributed by atoms with van der Waals surface area (Å²) in [6, 6.07) is 19.3. The highest BCUT2D eigenvalue weighted by atomic mass is 35.5. The molecule has 2 N–H and O–H groups in total. The van der Waals surface area contributed by atoms with E-state index in [1.165, 1.54) is 0 Å². The number of nitrogens with two attached hydrogens (primary N) is 1. The molecule has 154 valence electrons. The van der Waals surface area contributed by atoms with Gasteiger partial charge in [-0.25, -0.2) is 9.97 Å². The Morgan fingerprint density at radius 2 is 1.52 bits per heavy atom. The van der Waals surface area contributed by atoms with Crippen LogP contribution in [0.1, 0.15) is 22.6 Å². The maximum atomic E-state index is 6.47. The molecule has 0 unspecified atom stereocenters. The molecule has 3 aromatic heterocycles. The van der Waals surface area contributed by atoms with Crippen LogP contribution in [-0.2, 0) is 11.8 Å². The molecule has 31 heavy (non-hydrogen) atoms. The van der Waals surface area contributed by atoms with Crippen molar-refractivity contribution >= 4 is 51.4 Å². The van der Waals surface area contributed by atoms with E-state index in [1.807, 2.05) is 72.8 Å². The predicted octanol–water partition coefficient (Wildman–Crippen LogP) is 6.48. The molecule has 3 heterocycles. The van der Waals surface area contributed by atoms with Gasteiger partial charge in [0.25, 0.3) is 0 Å². The lowest BCUT2D eigenvalue weighted by Crippen LogP contribution is -1.96. The van der Waals surface area contributed by atoms with Crippen molar-refractivity contribution in [2.75, 3.05) is 5.73 Å². The fourth-order valence-corrected chi connectivity index (χ4v) is 3.52. The number of nitrogen functional groups attached to an aromatic ring is 1. The zero-order chi connectivity index (χ0) is 21.8. The number of anilines is 1. The van der Waals surface area contributed by atoms with E-state index in [9.17, 15) is 0 Å². The summed E-state index contributed by atoms with van der Waals surface area (Å²) in [5, 5.41) is 0.960. The molecule has 1 aromatic carbocycles. The molecular formula is C25H20Cl2N4. The van der Waals surface area contributed by atoms with Crippen molar-refractivity contribution in [2.24, 2.45) is 0 Å². The van der Waals surface area contributed by atoms with Gasteiger partial charge in [0, 0.05) is 5.39 Å². The maximum absolute atomic E-state index is 6.47. The van der Waals surface area contributed by atoms with Crippen LogP contribution < -0.4 is 5.73 Å². The Balaban J connectivity index is 1.68. The van der Waals surface area contributed by atoms with Crippen LogP contribution in [0.5, 0.6) is 0 Å². The summed E-state index contributed by atoms with van der Waals surface area (Å²) in [5.74, 6) is 0.712. The number of alkyl halides is 2. The first kappa shape index (κ1) is 21.0. The molecule has 0 aliphatic carbocycles. The van der Waals surface area contributed by atoms with Gasteiger partial charge in [-0.2, -0.15) is 0 Å². The summed E-state index contributed by atoms with van der Waals surface area (Å²) < 4.78 is 0. The number of benzene rings is 1. The van der Waals surface area contributed by atoms with Gasteiger partial charge in [-0.15, -0.1) is 23.2 Å². The van der Waals surface area contributed by atoms with Crippen molar-refractivity contribution in [2.45, 2.75) is 11.8 Å². The van der Waals surface area contributed by atoms with Crippen molar-refractivity contribution in [3.63, 3.8) is 0 Å². The van der Waals surface area contributed by atoms with Gasteiger partial charge < -0.3 is 5.73 Å². The largest absolute Gasteiger partial charge is 0.396 e. The number of hydrogen-bond acceptors (Lipinski definition) is 4. The third kappa shape index (κ3) is 4.61. The Morgan fingerprint density at radius 3 is 2.29 bits per heavy atom. The molecule has 0 amide bonds. The van der Waals surface area contributed by atoms with Gasteiger partial charge in [0.1, 0.15) is 0 Å². The summed E-state index contributed by atoms with van der Waals surface area (Å²) in [4.78, 5) is 13.8. The number of pyridine rings is 3. The van der Waals surface area contributed by atoms with Crippen LogP contribution in [-0.4, -0.2) is 15.0 Å². The first-order chi connectivity index (χ1) is 15.1. The van der Waals surface area contributed by atoms with Crippen LogP contribution >= 0.6 is 23.2 Å². The van der Waals surface area contributed by atoms with Gasteiger partial charge in [0.2, 0.25) is 0 Å². The molecule has 0 radical (unpaired) electrons. The fraction of sp³-hybridized carbons (Fsp3) is 0.0800. The van der Waals surface area contributed by atoms with E-state index in [1.54, 1.807) is 0 Å². The van der Waals surface area contributed by atoms with Crippen LogP contribution in [0.4, 0.5) is 5.69 Å². The number of fused-ring (bicyclic) bond motifs is 1. The summed E-state index contributed by atoms with van der Waals surface area (Å²) in [5.41, 5.74) is 13.3. The third-order valence-electron chi connectivity index (χ3n) is 4.88. The molecule has 0 bridgehead atoms.